The van der Waals surface area contributed by atoms with Gasteiger partial charge in [-0.3, -0.25) is 4.79 Å². The van der Waals surface area contributed by atoms with Crippen LogP contribution in [0.5, 0.6) is 0 Å². The van der Waals surface area contributed by atoms with Gasteiger partial charge >= 0.3 is 0 Å². The van der Waals surface area contributed by atoms with Crippen molar-refractivity contribution < 1.29 is 4.79 Å². The fourth-order valence-corrected chi connectivity index (χ4v) is 3.09. The van der Waals surface area contributed by atoms with Crippen LogP contribution in [0.2, 0.25) is 0 Å². The maximum Gasteiger partial charge on any atom is 0.274 e. The lowest BCUT2D eigenvalue weighted by atomic mass is 10.2. The van der Waals surface area contributed by atoms with Gasteiger partial charge in [0.2, 0.25) is 0 Å². The molecule has 0 radical (unpaired) electrons. The fourth-order valence-electron chi connectivity index (χ4n) is 3.09. The van der Waals surface area contributed by atoms with E-state index in [1.165, 1.54) is 25.7 Å². The standard InChI is InChI=1S/C19H24N4O/c1-2-23(14-15-8-4-3-5-9-15)19(24)17-12-21-18(13-20-17)22-16-10-6-7-11-16/h3-5,8-9,12-13,16H,2,6-7,10-11,14H2,1H3,(H,21,22). The summed E-state index contributed by atoms with van der Waals surface area (Å²) in [5.74, 6) is 0.672. The Morgan fingerprint density at radius 1 is 1.17 bits per heavy atom. The molecule has 0 bridgehead atoms. The lowest BCUT2D eigenvalue weighted by molar-refractivity contribution is 0.0746. The van der Waals surface area contributed by atoms with E-state index >= 15 is 0 Å². The van der Waals surface area contributed by atoms with Gasteiger partial charge in [0.05, 0.1) is 12.4 Å². The summed E-state index contributed by atoms with van der Waals surface area (Å²) in [5.41, 5.74) is 1.50. The first-order valence-corrected chi connectivity index (χ1v) is 8.68. The van der Waals surface area contributed by atoms with Gasteiger partial charge in [0, 0.05) is 19.1 Å². The maximum absolute atomic E-state index is 12.6. The van der Waals surface area contributed by atoms with E-state index in [2.05, 4.69) is 15.3 Å². The molecule has 1 saturated carbocycles. The number of rotatable bonds is 6. The molecule has 2 aromatic rings. The van der Waals surface area contributed by atoms with Crippen LogP contribution in [0.25, 0.3) is 0 Å². The number of nitrogens with one attached hydrogen (secondary N) is 1. The zero-order valence-electron chi connectivity index (χ0n) is 14.1. The molecule has 0 spiro atoms. The summed E-state index contributed by atoms with van der Waals surface area (Å²) in [6, 6.07) is 10.5. The second kappa shape index (κ2) is 7.90. The van der Waals surface area contributed by atoms with Crippen molar-refractivity contribution in [1.29, 1.82) is 0 Å². The molecule has 1 amide bonds. The van der Waals surface area contributed by atoms with Crippen LogP contribution in [0.4, 0.5) is 5.82 Å². The van der Waals surface area contributed by atoms with E-state index in [4.69, 9.17) is 0 Å². The Labute approximate surface area is 143 Å². The van der Waals surface area contributed by atoms with Gasteiger partial charge in [0.25, 0.3) is 5.91 Å². The van der Waals surface area contributed by atoms with Crippen LogP contribution in [0, 0.1) is 0 Å². The predicted molar refractivity (Wildman–Crippen MR) is 94.8 cm³/mol. The van der Waals surface area contributed by atoms with Gasteiger partial charge in [-0.15, -0.1) is 0 Å². The van der Waals surface area contributed by atoms with Crippen molar-refractivity contribution >= 4 is 11.7 Å². The molecule has 126 valence electrons. The summed E-state index contributed by atoms with van der Waals surface area (Å²) < 4.78 is 0. The highest BCUT2D eigenvalue weighted by atomic mass is 16.2. The quantitative estimate of drug-likeness (QED) is 0.883. The Hall–Kier alpha value is -2.43. The molecule has 1 heterocycles. The van der Waals surface area contributed by atoms with Crippen molar-refractivity contribution in [2.75, 3.05) is 11.9 Å². The molecule has 24 heavy (non-hydrogen) atoms. The van der Waals surface area contributed by atoms with E-state index in [1.807, 2.05) is 37.3 Å². The molecule has 5 heteroatoms. The molecule has 0 saturated heterocycles. The van der Waals surface area contributed by atoms with Gasteiger partial charge in [0.1, 0.15) is 11.5 Å². The number of nitrogens with zero attached hydrogens (tertiary/aromatic N) is 3. The van der Waals surface area contributed by atoms with Gasteiger partial charge in [-0.2, -0.15) is 0 Å². The molecule has 0 aliphatic heterocycles. The zero-order valence-corrected chi connectivity index (χ0v) is 14.1. The fraction of sp³-hybridized carbons (Fsp3) is 0.421. The normalized spacial score (nSPS) is 14.5. The van der Waals surface area contributed by atoms with Crippen LogP contribution in [0.3, 0.4) is 0 Å². The van der Waals surface area contributed by atoms with E-state index in [-0.39, 0.29) is 5.91 Å². The van der Waals surface area contributed by atoms with Gasteiger partial charge in [-0.1, -0.05) is 43.2 Å². The van der Waals surface area contributed by atoms with Crippen molar-refractivity contribution in [3.05, 3.63) is 54.0 Å². The second-order valence-electron chi connectivity index (χ2n) is 6.22. The Morgan fingerprint density at radius 2 is 1.92 bits per heavy atom. The number of aromatic nitrogens is 2. The Kier molecular flexibility index (Phi) is 5.41. The van der Waals surface area contributed by atoms with Gasteiger partial charge in [-0.25, -0.2) is 9.97 Å². The molecule has 0 unspecified atom stereocenters. The number of hydrogen-bond acceptors (Lipinski definition) is 4. The lowest BCUT2D eigenvalue weighted by Crippen LogP contribution is -2.31. The van der Waals surface area contributed by atoms with Gasteiger partial charge in [0.15, 0.2) is 0 Å². The minimum Gasteiger partial charge on any atom is -0.366 e. The minimum absolute atomic E-state index is 0.0822. The highest BCUT2D eigenvalue weighted by Gasteiger charge is 2.18. The Morgan fingerprint density at radius 3 is 2.54 bits per heavy atom. The highest BCUT2D eigenvalue weighted by Crippen LogP contribution is 2.21. The molecule has 5 nitrogen and oxygen atoms in total. The van der Waals surface area contributed by atoms with Crippen LogP contribution in [-0.2, 0) is 6.54 Å². The third kappa shape index (κ3) is 4.10. The summed E-state index contributed by atoms with van der Waals surface area (Å²) in [6.07, 6.45) is 8.15. The highest BCUT2D eigenvalue weighted by molar-refractivity contribution is 5.92. The molecular formula is C19H24N4O. The maximum atomic E-state index is 12.6. The van der Waals surface area contributed by atoms with Crippen LogP contribution in [0.1, 0.15) is 48.7 Å². The summed E-state index contributed by atoms with van der Waals surface area (Å²) in [4.78, 5) is 23.1. The third-order valence-electron chi connectivity index (χ3n) is 4.46. The molecule has 1 aromatic heterocycles. The molecule has 1 aromatic carbocycles. The number of hydrogen-bond donors (Lipinski definition) is 1. The third-order valence-corrected chi connectivity index (χ3v) is 4.46. The number of benzene rings is 1. The summed E-state index contributed by atoms with van der Waals surface area (Å²) in [7, 11) is 0. The second-order valence-corrected chi connectivity index (χ2v) is 6.22. The smallest absolute Gasteiger partial charge is 0.274 e. The van der Waals surface area contributed by atoms with Gasteiger partial charge in [-0.05, 0) is 25.3 Å². The van der Waals surface area contributed by atoms with Crippen LogP contribution < -0.4 is 5.32 Å². The number of anilines is 1. The molecule has 0 atom stereocenters. The molecule has 3 rings (SSSR count). The zero-order chi connectivity index (χ0) is 16.8. The van der Waals surface area contributed by atoms with Crippen molar-refractivity contribution in [2.24, 2.45) is 0 Å². The first-order valence-electron chi connectivity index (χ1n) is 8.68. The topological polar surface area (TPSA) is 58.1 Å². The van der Waals surface area contributed by atoms with Crippen LogP contribution in [-0.4, -0.2) is 33.4 Å². The average molecular weight is 324 g/mol. The first kappa shape index (κ1) is 16.4. The van der Waals surface area contributed by atoms with E-state index < -0.39 is 0 Å². The van der Waals surface area contributed by atoms with E-state index in [0.717, 1.165) is 11.4 Å². The van der Waals surface area contributed by atoms with Crippen molar-refractivity contribution in [3.8, 4) is 0 Å². The van der Waals surface area contributed by atoms with Crippen molar-refractivity contribution in [1.82, 2.24) is 14.9 Å². The predicted octanol–water partition coefficient (Wildman–Crippen LogP) is 3.49. The lowest BCUT2D eigenvalue weighted by Gasteiger charge is -2.20. The Bertz CT molecular complexity index is 651. The van der Waals surface area contributed by atoms with E-state index in [9.17, 15) is 4.79 Å². The number of carbonyl (C=O) groups is 1. The van der Waals surface area contributed by atoms with E-state index in [1.54, 1.807) is 17.3 Å². The van der Waals surface area contributed by atoms with Crippen LogP contribution >= 0.6 is 0 Å². The van der Waals surface area contributed by atoms with Gasteiger partial charge < -0.3 is 10.2 Å². The molecular weight excluding hydrogens is 300 g/mol. The monoisotopic (exact) mass is 324 g/mol. The van der Waals surface area contributed by atoms with Crippen molar-refractivity contribution in [3.63, 3.8) is 0 Å². The molecule has 1 fully saturated rings. The average Bonchev–Trinajstić information content (AvgIpc) is 3.14. The summed E-state index contributed by atoms with van der Waals surface area (Å²) in [6.45, 7) is 3.20. The Balaban J connectivity index is 1.64. The minimum atomic E-state index is -0.0822. The van der Waals surface area contributed by atoms with E-state index in [0.29, 0.717) is 24.8 Å². The van der Waals surface area contributed by atoms with Crippen molar-refractivity contribution in [2.45, 2.75) is 45.2 Å². The largest absolute Gasteiger partial charge is 0.366 e. The number of amides is 1. The summed E-state index contributed by atoms with van der Waals surface area (Å²) >= 11 is 0. The number of carbonyl (C=O) groups excluding carboxylic acids is 1. The molecule has 1 aliphatic carbocycles. The molecule has 1 aliphatic rings. The summed E-state index contributed by atoms with van der Waals surface area (Å²) in [5, 5.41) is 3.39. The first-order chi connectivity index (χ1) is 11.8. The molecule has 1 N–H and O–H groups in total. The SMILES string of the molecule is CCN(Cc1ccccc1)C(=O)c1cnc(NC2CCCC2)cn1. The van der Waals surface area contributed by atoms with Crippen LogP contribution in [0.15, 0.2) is 42.7 Å².